The van der Waals surface area contributed by atoms with Gasteiger partial charge in [-0.3, -0.25) is 4.68 Å². The zero-order chi connectivity index (χ0) is 12.8. The second-order valence-corrected chi connectivity index (χ2v) is 6.38. The maximum Gasteiger partial charge on any atom is 0.0860 e. The summed E-state index contributed by atoms with van der Waals surface area (Å²) in [6.07, 6.45) is 10.7. The van der Waals surface area contributed by atoms with Crippen LogP contribution < -0.4 is 5.32 Å². The van der Waals surface area contributed by atoms with Gasteiger partial charge in [0, 0.05) is 30.2 Å². The highest BCUT2D eigenvalue weighted by Crippen LogP contribution is 2.39. The topological polar surface area (TPSA) is 50.1 Å². The van der Waals surface area contributed by atoms with E-state index in [2.05, 4.69) is 16.7 Å². The van der Waals surface area contributed by atoms with E-state index in [9.17, 15) is 5.11 Å². The van der Waals surface area contributed by atoms with E-state index in [0.717, 1.165) is 6.54 Å². The fraction of sp³-hybridized carbons (Fsp3) is 0.769. The molecule has 0 amide bonds. The number of nitrogens with one attached hydrogen (secondary N) is 1. The molecule has 2 N–H and O–H groups in total. The van der Waals surface area contributed by atoms with Crippen LogP contribution in [0.5, 0.6) is 0 Å². The van der Waals surface area contributed by atoms with Crippen LogP contribution in [0.2, 0.25) is 0 Å². The molecule has 1 fully saturated rings. The molecule has 1 unspecified atom stereocenters. The van der Waals surface area contributed by atoms with Crippen molar-refractivity contribution in [3.8, 4) is 0 Å². The summed E-state index contributed by atoms with van der Waals surface area (Å²) < 4.78 is 2.18. The van der Waals surface area contributed by atoms with Gasteiger partial charge < -0.3 is 10.4 Å². The van der Waals surface area contributed by atoms with Crippen molar-refractivity contribution < 1.29 is 5.11 Å². The van der Waals surface area contributed by atoms with Crippen LogP contribution in [0.25, 0.3) is 0 Å². The quantitative estimate of drug-likeness (QED) is 0.788. The van der Waals surface area contributed by atoms with Crippen molar-refractivity contribution in [2.75, 3.05) is 19.3 Å². The number of hydrogen-bond acceptors (Lipinski definition) is 4. The van der Waals surface area contributed by atoms with Gasteiger partial charge in [0.2, 0.25) is 0 Å². The molecule has 1 aromatic heterocycles. The first kappa shape index (κ1) is 13.9. The molecular formula is C13H23N3OS. The minimum Gasteiger partial charge on any atom is -0.390 e. The highest BCUT2D eigenvalue weighted by molar-refractivity contribution is 8.00. The zero-order valence-corrected chi connectivity index (χ0v) is 11.8. The van der Waals surface area contributed by atoms with Gasteiger partial charge in [-0.15, -0.1) is 0 Å². The molecule has 18 heavy (non-hydrogen) atoms. The molecule has 0 radical (unpaired) electrons. The van der Waals surface area contributed by atoms with E-state index in [4.69, 9.17) is 0 Å². The molecule has 0 bridgehead atoms. The Morgan fingerprint density at radius 2 is 2.28 bits per heavy atom. The third-order valence-electron chi connectivity index (χ3n) is 3.73. The lowest BCUT2D eigenvalue weighted by atomic mass is 10.1. The Labute approximate surface area is 113 Å². The summed E-state index contributed by atoms with van der Waals surface area (Å²) in [4.78, 5) is 0. The maximum atomic E-state index is 9.92. The summed E-state index contributed by atoms with van der Waals surface area (Å²) in [5.74, 6) is 0. The lowest BCUT2D eigenvalue weighted by molar-refractivity contribution is 0.146. The van der Waals surface area contributed by atoms with Crippen LogP contribution in [-0.2, 0) is 6.54 Å². The van der Waals surface area contributed by atoms with E-state index in [0.29, 0.717) is 17.8 Å². The molecule has 4 nitrogen and oxygen atoms in total. The molecule has 0 aromatic carbocycles. The number of hydrogen-bond donors (Lipinski definition) is 2. The van der Waals surface area contributed by atoms with Gasteiger partial charge in [0.25, 0.3) is 0 Å². The summed E-state index contributed by atoms with van der Waals surface area (Å²) in [5.41, 5.74) is 0. The average molecular weight is 269 g/mol. The van der Waals surface area contributed by atoms with Gasteiger partial charge in [0.05, 0.1) is 12.6 Å². The first-order chi connectivity index (χ1) is 8.74. The highest BCUT2D eigenvalue weighted by atomic mass is 32.2. The molecule has 0 aliphatic heterocycles. The zero-order valence-electron chi connectivity index (χ0n) is 11.0. The molecule has 1 heterocycles. The van der Waals surface area contributed by atoms with Gasteiger partial charge in [-0.25, -0.2) is 0 Å². The van der Waals surface area contributed by atoms with Crippen molar-refractivity contribution in [3.05, 3.63) is 18.5 Å². The average Bonchev–Trinajstić information content (AvgIpc) is 3.01. The Bertz CT molecular complexity index is 336. The van der Waals surface area contributed by atoms with E-state index in [1.165, 1.54) is 25.7 Å². The van der Waals surface area contributed by atoms with Crippen molar-refractivity contribution in [3.63, 3.8) is 0 Å². The Balaban J connectivity index is 1.68. The van der Waals surface area contributed by atoms with Crippen LogP contribution in [0, 0.1) is 0 Å². The second kappa shape index (κ2) is 6.59. The monoisotopic (exact) mass is 269 g/mol. The Morgan fingerprint density at radius 1 is 1.50 bits per heavy atom. The molecule has 1 aliphatic carbocycles. The van der Waals surface area contributed by atoms with Crippen LogP contribution in [-0.4, -0.2) is 45.1 Å². The van der Waals surface area contributed by atoms with Crippen molar-refractivity contribution in [2.24, 2.45) is 0 Å². The lowest BCUT2D eigenvalue weighted by Crippen LogP contribution is -2.39. The summed E-state index contributed by atoms with van der Waals surface area (Å²) in [6.45, 7) is 2.21. The van der Waals surface area contributed by atoms with Crippen LogP contribution in [0.15, 0.2) is 18.5 Å². The summed E-state index contributed by atoms with van der Waals surface area (Å²) in [5, 5.41) is 17.4. The first-order valence-electron chi connectivity index (χ1n) is 6.65. The third-order valence-corrected chi connectivity index (χ3v) is 5.15. The molecule has 1 atom stereocenters. The molecule has 5 heteroatoms. The number of rotatable bonds is 7. The molecule has 2 rings (SSSR count). The molecule has 0 spiro atoms. The fourth-order valence-electron chi connectivity index (χ4n) is 2.63. The predicted molar refractivity (Wildman–Crippen MR) is 75.8 cm³/mol. The van der Waals surface area contributed by atoms with E-state index in [1.54, 1.807) is 10.9 Å². The van der Waals surface area contributed by atoms with Gasteiger partial charge in [-0.2, -0.15) is 16.9 Å². The van der Waals surface area contributed by atoms with Crippen LogP contribution in [0.4, 0.5) is 0 Å². The molecule has 1 aliphatic rings. The van der Waals surface area contributed by atoms with Crippen LogP contribution >= 0.6 is 11.8 Å². The van der Waals surface area contributed by atoms with Crippen molar-refractivity contribution in [1.82, 2.24) is 15.1 Å². The lowest BCUT2D eigenvalue weighted by Gasteiger charge is -2.27. The third kappa shape index (κ3) is 3.73. The number of nitrogens with zero attached hydrogens (tertiary/aromatic N) is 2. The van der Waals surface area contributed by atoms with Gasteiger partial charge in [0.1, 0.15) is 0 Å². The van der Waals surface area contributed by atoms with E-state index >= 15 is 0 Å². The smallest absolute Gasteiger partial charge is 0.0860 e. The van der Waals surface area contributed by atoms with Gasteiger partial charge in [-0.1, -0.05) is 12.8 Å². The van der Waals surface area contributed by atoms with Gasteiger partial charge in [0.15, 0.2) is 0 Å². The van der Waals surface area contributed by atoms with Crippen LogP contribution in [0.3, 0.4) is 0 Å². The van der Waals surface area contributed by atoms with Gasteiger partial charge in [-0.05, 0) is 25.2 Å². The normalized spacial score (nSPS) is 20.1. The predicted octanol–water partition coefficient (Wildman–Crippen LogP) is 1.51. The number of aliphatic hydroxyl groups is 1. The Kier molecular flexibility index (Phi) is 5.09. The van der Waals surface area contributed by atoms with Crippen molar-refractivity contribution in [2.45, 2.75) is 43.1 Å². The van der Waals surface area contributed by atoms with Crippen molar-refractivity contribution in [1.29, 1.82) is 0 Å². The molecule has 0 saturated heterocycles. The standard InChI is InChI=1S/C13H23N3OS/c1-18-13(5-2-3-6-13)11-14-9-12(17)10-16-8-4-7-15-16/h4,7-8,12,14,17H,2-3,5-6,9-11H2,1H3. The molecule has 1 saturated carbocycles. The first-order valence-corrected chi connectivity index (χ1v) is 7.88. The second-order valence-electron chi connectivity index (χ2n) is 5.11. The number of aliphatic hydroxyl groups excluding tert-OH is 1. The summed E-state index contributed by atoms with van der Waals surface area (Å²) in [7, 11) is 0. The molecule has 1 aromatic rings. The van der Waals surface area contributed by atoms with E-state index in [1.807, 2.05) is 24.0 Å². The van der Waals surface area contributed by atoms with E-state index < -0.39 is 0 Å². The minimum absolute atomic E-state index is 0.370. The largest absolute Gasteiger partial charge is 0.390 e. The maximum absolute atomic E-state index is 9.92. The minimum atomic E-state index is -0.370. The number of aromatic nitrogens is 2. The van der Waals surface area contributed by atoms with E-state index in [-0.39, 0.29) is 6.10 Å². The molecular weight excluding hydrogens is 246 g/mol. The summed E-state index contributed by atoms with van der Waals surface area (Å²) in [6, 6.07) is 1.88. The van der Waals surface area contributed by atoms with Gasteiger partial charge >= 0.3 is 0 Å². The number of thioether (sulfide) groups is 1. The Morgan fingerprint density at radius 3 is 2.89 bits per heavy atom. The highest BCUT2D eigenvalue weighted by Gasteiger charge is 2.32. The SMILES string of the molecule is CSC1(CNCC(O)Cn2cccn2)CCCC1. The van der Waals surface area contributed by atoms with Crippen molar-refractivity contribution >= 4 is 11.8 Å². The Hall–Kier alpha value is -0.520. The molecule has 102 valence electrons. The summed E-state index contributed by atoms with van der Waals surface area (Å²) >= 11 is 1.98. The van der Waals surface area contributed by atoms with Crippen LogP contribution in [0.1, 0.15) is 25.7 Å². The fourth-order valence-corrected chi connectivity index (χ4v) is 3.57.